The number of nitrogens with zero attached hydrogens (tertiary/aromatic N) is 3. The first kappa shape index (κ1) is 19.1. The Morgan fingerprint density at radius 3 is 2.33 bits per heavy atom. The highest BCUT2D eigenvalue weighted by molar-refractivity contribution is 5.89. The average Bonchev–Trinajstić information content (AvgIpc) is 3.14. The van der Waals surface area contributed by atoms with Gasteiger partial charge in [0.15, 0.2) is 6.29 Å². The molecule has 0 N–H and O–H groups in total. The fourth-order valence-electron chi connectivity index (χ4n) is 3.35. The summed E-state index contributed by atoms with van der Waals surface area (Å²) in [7, 11) is 3.84. The van der Waals surface area contributed by atoms with E-state index >= 15 is 0 Å². The summed E-state index contributed by atoms with van der Waals surface area (Å²) in [5, 5.41) is 0.991. The zero-order valence-electron chi connectivity index (χ0n) is 16.3. The van der Waals surface area contributed by atoms with E-state index in [9.17, 15) is 4.79 Å². The van der Waals surface area contributed by atoms with Crippen LogP contribution in [0.3, 0.4) is 0 Å². The highest BCUT2D eigenvalue weighted by Crippen LogP contribution is 2.24. The lowest BCUT2D eigenvalue weighted by molar-refractivity contribution is 0.112. The number of hydrogen-bond donors (Lipinski definition) is 0. The number of rotatable bonds is 3. The molecule has 5 nitrogen and oxygen atoms in total. The Hall–Kier alpha value is -2.66. The van der Waals surface area contributed by atoms with Gasteiger partial charge in [-0.3, -0.25) is 4.79 Å². The van der Waals surface area contributed by atoms with Crippen LogP contribution >= 0.6 is 0 Å². The van der Waals surface area contributed by atoms with Crippen LogP contribution in [0.2, 0.25) is 0 Å². The Kier molecular flexibility index (Phi) is 6.24. The molecule has 3 aromatic rings. The van der Waals surface area contributed by atoms with Crippen LogP contribution in [0.1, 0.15) is 35.2 Å². The van der Waals surface area contributed by atoms with Crippen molar-refractivity contribution in [1.82, 2.24) is 14.5 Å². The van der Waals surface area contributed by atoms with Crippen molar-refractivity contribution < 1.29 is 9.53 Å². The lowest BCUT2D eigenvalue weighted by atomic mass is 10.1. The molecule has 0 atom stereocenters. The van der Waals surface area contributed by atoms with Crippen LogP contribution in [0.15, 0.2) is 42.7 Å². The standard InChI is InChI=1S/C16H14N2O2.C6H13N/c1-11-12(10-19)9-17-16-15(11)7-8-18(16)13-3-5-14(20-2)6-4-13;1-7-5-3-2-4-6-7/h3-10H,1-2H3;2-6H2,1H3. The number of ether oxygens (including phenoxy) is 1. The number of aryl methyl sites for hydroxylation is 1. The minimum atomic E-state index is 0.630. The highest BCUT2D eigenvalue weighted by atomic mass is 16.5. The van der Waals surface area contributed by atoms with Crippen LogP contribution in [0.25, 0.3) is 16.7 Å². The summed E-state index contributed by atoms with van der Waals surface area (Å²) in [6, 6.07) is 9.75. The molecule has 1 aliphatic heterocycles. The first-order chi connectivity index (χ1) is 13.1. The normalized spacial score (nSPS) is 14.5. The Labute approximate surface area is 160 Å². The summed E-state index contributed by atoms with van der Waals surface area (Å²) < 4.78 is 7.16. The van der Waals surface area contributed by atoms with Gasteiger partial charge in [0.25, 0.3) is 0 Å². The second kappa shape index (κ2) is 8.82. The summed E-state index contributed by atoms with van der Waals surface area (Å²) in [4.78, 5) is 17.7. The molecule has 1 aromatic carbocycles. The first-order valence-electron chi connectivity index (χ1n) is 9.39. The Bertz CT molecular complexity index is 894. The van der Waals surface area contributed by atoms with E-state index in [1.165, 1.54) is 32.4 Å². The number of hydrogen-bond acceptors (Lipinski definition) is 4. The Morgan fingerprint density at radius 2 is 1.78 bits per heavy atom. The molecule has 0 amide bonds. The second-order valence-electron chi connectivity index (χ2n) is 6.94. The summed E-state index contributed by atoms with van der Waals surface area (Å²) in [6.07, 6.45) is 8.69. The minimum absolute atomic E-state index is 0.630. The molecule has 0 radical (unpaired) electrons. The van der Waals surface area contributed by atoms with Gasteiger partial charge in [-0.05, 0) is 75.8 Å². The second-order valence-corrected chi connectivity index (χ2v) is 6.94. The lowest BCUT2D eigenvalue weighted by Gasteiger charge is -2.20. The summed E-state index contributed by atoms with van der Waals surface area (Å²) in [5.41, 5.74) is 3.44. The maximum absolute atomic E-state index is 11.0. The molecule has 1 saturated heterocycles. The van der Waals surface area contributed by atoms with Crippen molar-refractivity contribution in [3.63, 3.8) is 0 Å². The smallest absolute Gasteiger partial charge is 0.151 e. The summed E-state index contributed by atoms with van der Waals surface area (Å²) >= 11 is 0. The van der Waals surface area contributed by atoms with Gasteiger partial charge in [-0.25, -0.2) is 4.98 Å². The molecule has 0 unspecified atom stereocenters. The quantitative estimate of drug-likeness (QED) is 0.651. The predicted octanol–water partition coefficient (Wildman–Crippen LogP) is 4.26. The molecule has 0 bridgehead atoms. The molecule has 3 heterocycles. The van der Waals surface area contributed by atoms with E-state index in [0.29, 0.717) is 5.56 Å². The number of pyridine rings is 1. The third-order valence-corrected chi connectivity index (χ3v) is 5.08. The molecule has 142 valence electrons. The van der Waals surface area contributed by atoms with Crippen LogP contribution in [0, 0.1) is 6.92 Å². The topological polar surface area (TPSA) is 47.4 Å². The van der Waals surface area contributed by atoms with Crippen LogP contribution in [-0.4, -0.2) is 48.0 Å². The molecule has 27 heavy (non-hydrogen) atoms. The Morgan fingerprint density at radius 1 is 1.07 bits per heavy atom. The van der Waals surface area contributed by atoms with Crippen LogP contribution < -0.4 is 4.74 Å². The van der Waals surface area contributed by atoms with Crippen molar-refractivity contribution >= 4 is 17.3 Å². The zero-order chi connectivity index (χ0) is 19.2. The molecule has 1 fully saturated rings. The van der Waals surface area contributed by atoms with Crippen molar-refractivity contribution in [3.8, 4) is 11.4 Å². The average molecular weight is 365 g/mol. The largest absolute Gasteiger partial charge is 0.497 e. The third-order valence-electron chi connectivity index (χ3n) is 5.08. The third kappa shape index (κ3) is 4.37. The van der Waals surface area contributed by atoms with Crippen molar-refractivity contribution in [2.24, 2.45) is 0 Å². The highest BCUT2D eigenvalue weighted by Gasteiger charge is 2.09. The van der Waals surface area contributed by atoms with E-state index in [-0.39, 0.29) is 0 Å². The molecule has 5 heteroatoms. The maximum Gasteiger partial charge on any atom is 0.151 e. The van der Waals surface area contributed by atoms with Crippen molar-refractivity contribution in [2.75, 3.05) is 27.2 Å². The molecule has 0 aliphatic carbocycles. The number of carbonyl (C=O) groups excluding carboxylic acids is 1. The van der Waals surface area contributed by atoms with Gasteiger partial charge in [-0.2, -0.15) is 0 Å². The number of aldehydes is 1. The zero-order valence-corrected chi connectivity index (χ0v) is 16.3. The van der Waals surface area contributed by atoms with Crippen LogP contribution in [0.4, 0.5) is 0 Å². The molecule has 0 saturated carbocycles. The fourth-order valence-corrected chi connectivity index (χ4v) is 3.35. The van der Waals surface area contributed by atoms with Crippen molar-refractivity contribution in [3.05, 3.63) is 53.9 Å². The van der Waals surface area contributed by atoms with E-state index in [4.69, 9.17) is 4.74 Å². The number of likely N-dealkylation sites (tertiary alicyclic amines) is 1. The van der Waals surface area contributed by atoms with Gasteiger partial charge >= 0.3 is 0 Å². The van der Waals surface area contributed by atoms with Gasteiger partial charge in [-0.15, -0.1) is 0 Å². The molecular weight excluding hydrogens is 338 g/mol. The number of methoxy groups -OCH3 is 1. The minimum Gasteiger partial charge on any atom is -0.497 e. The van der Waals surface area contributed by atoms with E-state index in [1.54, 1.807) is 13.3 Å². The van der Waals surface area contributed by atoms with E-state index in [1.807, 2.05) is 48.0 Å². The van der Waals surface area contributed by atoms with Gasteiger partial charge < -0.3 is 14.2 Å². The molecule has 4 rings (SSSR count). The Balaban J connectivity index is 0.000000253. The van der Waals surface area contributed by atoms with Gasteiger partial charge in [0, 0.05) is 29.0 Å². The predicted molar refractivity (Wildman–Crippen MR) is 109 cm³/mol. The number of carbonyl (C=O) groups is 1. The van der Waals surface area contributed by atoms with Crippen molar-refractivity contribution in [1.29, 1.82) is 0 Å². The fraction of sp³-hybridized carbons (Fsp3) is 0.364. The molecule has 1 aliphatic rings. The SMILES string of the molecule is CN1CCCCC1.COc1ccc(-n2ccc3c(C)c(C=O)cnc32)cc1. The van der Waals surface area contributed by atoms with Gasteiger partial charge in [0.2, 0.25) is 0 Å². The summed E-state index contributed by atoms with van der Waals surface area (Å²) in [5.74, 6) is 0.817. The number of aromatic nitrogens is 2. The van der Waals surface area contributed by atoms with Crippen LogP contribution in [-0.2, 0) is 0 Å². The number of piperidine rings is 1. The first-order valence-corrected chi connectivity index (χ1v) is 9.39. The summed E-state index contributed by atoms with van der Waals surface area (Å²) in [6.45, 7) is 4.58. The molecular formula is C22H27N3O2. The van der Waals surface area contributed by atoms with Gasteiger partial charge in [0.1, 0.15) is 11.4 Å². The molecule has 0 spiro atoms. The molecule has 2 aromatic heterocycles. The van der Waals surface area contributed by atoms with E-state index in [2.05, 4.69) is 16.9 Å². The lowest BCUT2D eigenvalue weighted by Crippen LogP contribution is -2.24. The van der Waals surface area contributed by atoms with Crippen molar-refractivity contribution in [2.45, 2.75) is 26.2 Å². The van der Waals surface area contributed by atoms with E-state index in [0.717, 1.165) is 34.3 Å². The number of fused-ring (bicyclic) bond motifs is 1. The maximum atomic E-state index is 11.0. The number of benzene rings is 1. The van der Waals surface area contributed by atoms with E-state index < -0.39 is 0 Å². The monoisotopic (exact) mass is 365 g/mol. The van der Waals surface area contributed by atoms with Gasteiger partial charge in [0.05, 0.1) is 7.11 Å². The van der Waals surface area contributed by atoms with Gasteiger partial charge in [-0.1, -0.05) is 6.42 Å². The van der Waals surface area contributed by atoms with Crippen LogP contribution in [0.5, 0.6) is 5.75 Å².